The van der Waals surface area contributed by atoms with Gasteiger partial charge in [-0.05, 0) is 36.0 Å². The van der Waals surface area contributed by atoms with Gasteiger partial charge in [0.1, 0.15) is 0 Å². The second-order valence-electron chi connectivity index (χ2n) is 6.41. The molecule has 2 N–H and O–H groups in total. The van der Waals surface area contributed by atoms with Gasteiger partial charge in [0.05, 0.1) is 6.61 Å². The van der Waals surface area contributed by atoms with Crippen LogP contribution in [0.2, 0.25) is 0 Å². The van der Waals surface area contributed by atoms with E-state index >= 15 is 0 Å². The van der Waals surface area contributed by atoms with Crippen LogP contribution in [0.4, 0.5) is 0 Å². The second-order valence-corrected chi connectivity index (χ2v) is 7.50. The Bertz CT molecular complexity index is 392. The minimum absolute atomic E-state index is 0.213. The Morgan fingerprint density at radius 3 is 2.37 bits per heavy atom. The van der Waals surface area contributed by atoms with E-state index in [-0.39, 0.29) is 18.1 Å². The summed E-state index contributed by atoms with van der Waals surface area (Å²) < 4.78 is 0. The summed E-state index contributed by atoms with van der Waals surface area (Å²) in [5, 5.41) is 12.8. The van der Waals surface area contributed by atoms with Gasteiger partial charge in [0.2, 0.25) is 0 Å². The van der Waals surface area contributed by atoms with Crippen molar-refractivity contribution < 1.29 is 5.11 Å². The molecule has 3 heteroatoms. The molecule has 0 radical (unpaired) electrons. The van der Waals surface area contributed by atoms with E-state index in [2.05, 4.69) is 50.4 Å². The number of thioether (sulfide) groups is 1. The zero-order valence-electron chi connectivity index (χ0n) is 12.1. The molecule has 1 aliphatic carbocycles. The van der Waals surface area contributed by atoms with Gasteiger partial charge in [-0.2, -0.15) is 0 Å². The molecule has 1 aromatic carbocycles. The number of aliphatic hydroxyl groups is 1. The summed E-state index contributed by atoms with van der Waals surface area (Å²) >= 11 is 1.82. The number of benzene rings is 1. The van der Waals surface area contributed by atoms with E-state index in [1.165, 1.54) is 23.3 Å². The zero-order valence-corrected chi connectivity index (χ0v) is 13.0. The molecule has 0 aliphatic heterocycles. The summed E-state index contributed by atoms with van der Waals surface area (Å²) in [5.41, 5.74) is 1.58. The molecule has 19 heavy (non-hydrogen) atoms. The minimum atomic E-state index is 0.213. The molecule has 0 saturated heterocycles. The number of nitrogens with one attached hydrogen (secondary N) is 1. The molecule has 0 aromatic heterocycles. The van der Waals surface area contributed by atoms with Crippen LogP contribution in [-0.2, 0) is 5.41 Å². The van der Waals surface area contributed by atoms with E-state index in [9.17, 15) is 5.11 Å². The van der Waals surface area contributed by atoms with E-state index in [4.69, 9.17) is 0 Å². The quantitative estimate of drug-likeness (QED) is 0.784. The topological polar surface area (TPSA) is 32.3 Å². The Labute approximate surface area is 121 Å². The third-order valence-corrected chi connectivity index (χ3v) is 4.62. The summed E-state index contributed by atoms with van der Waals surface area (Å²) in [7, 11) is 0. The Balaban J connectivity index is 1.84. The normalized spacial score (nSPS) is 17.5. The van der Waals surface area contributed by atoms with Crippen molar-refractivity contribution in [1.29, 1.82) is 0 Å². The third-order valence-electron chi connectivity index (χ3n) is 3.44. The number of hydrogen-bond donors (Lipinski definition) is 2. The van der Waals surface area contributed by atoms with Gasteiger partial charge in [0, 0.05) is 22.7 Å². The van der Waals surface area contributed by atoms with Crippen molar-refractivity contribution in [3.05, 3.63) is 29.8 Å². The fraction of sp³-hybridized carbons (Fsp3) is 0.625. The first-order valence-corrected chi connectivity index (χ1v) is 8.08. The van der Waals surface area contributed by atoms with Crippen LogP contribution in [0.1, 0.15) is 39.2 Å². The first-order valence-electron chi connectivity index (χ1n) is 7.09. The molecule has 0 heterocycles. The second kappa shape index (κ2) is 6.29. The molecule has 1 fully saturated rings. The van der Waals surface area contributed by atoms with Crippen LogP contribution in [0.15, 0.2) is 29.2 Å². The third kappa shape index (κ3) is 4.83. The van der Waals surface area contributed by atoms with Gasteiger partial charge < -0.3 is 10.4 Å². The molecule has 0 spiro atoms. The van der Waals surface area contributed by atoms with Crippen molar-refractivity contribution in [2.45, 2.75) is 56.0 Å². The van der Waals surface area contributed by atoms with E-state index in [0.717, 1.165) is 5.75 Å². The Hall–Kier alpha value is -0.510. The molecule has 1 unspecified atom stereocenters. The van der Waals surface area contributed by atoms with E-state index < -0.39 is 0 Å². The predicted molar refractivity (Wildman–Crippen MR) is 82.9 cm³/mol. The van der Waals surface area contributed by atoms with E-state index in [1.54, 1.807) is 0 Å². The lowest BCUT2D eigenvalue weighted by Crippen LogP contribution is -2.36. The van der Waals surface area contributed by atoms with Crippen molar-refractivity contribution in [2.75, 3.05) is 12.4 Å². The monoisotopic (exact) mass is 279 g/mol. The van der Waals surface area contributed by atoms with Gasteiger partial charge in [-0.25, -0.2) is 0 Å². The summed E-state index contributed by atoms with van der Waals surface area (Å²) in [6.45, 7) is 6.92. The summed E-state index contributed by atoms with van der Waals surface area (Å²) in [6, 6.07) is 9.68. The van der Waals surface area contributed by atoms with Gasteiger partial charge in [0.15, 0.2) is 0 Å². The maximum Gasteiger partial charge on any atom is 0.0592 e. The Morgan fingerprint density at radius 2 is 1.89 bits per heavy atom. The van der Waals surface area contributed by atoms with Crippen LogP contribution in [0.5, 0.6) is 0 Å². The number of hydrogen-bond acceptors (Lipinski definition) is 3. The van der Waals surface area contributed by atoms with Crippen LogP contribution in [-0.4, -0.2) is 29.5 Å². The number of aliphatic hydroxyl groups excluding tert-OH is 1. The molecule has 1 aliphatic rings. The average molecular weight is 279 g/mol. The molecule has 1 atom stereocenters. The SMILES string of the molecule is CC(C)(C)c1ccc(SCC(CO)NC2CC2)cc1. The lowest BCUT2D eigenvalue weighted by molar-refractivity contribution is 0.253. The van der Waals surface area contributed by atoms with Gasteiger partial charge in [0.25, 0.3) is 0 Å². The average Bonchev–Trinajstić information content (AvgIpc) is 3.18. The molecule has 1 aromatic rings. The fourth-order valence-corrected chi connectivity index (χ4v) is 2.91. The van der Waals surface area contributed by atoms with E-state index in [1.807, 2.05) is 11.8 Å². The highest BCUT2D eigenvalue weighted by molar-refractivity contribution is 7.99. The molecule has 106 valence electrons. The first-order chi connectivity index (χ1) is 8.99. The van der Waals surface area contributed by atoms with Crippen LogP contribution >= 0.6 is 11.8 Å². The van der Waals surface area contributed by atoms with Gasteiger partial charge >= 0.3 is 0 Å². The summed E-state index contributed by atoms with van der Waals surface area (Å²) in [5.74, 6) is 0.932. The minimum Gasteiger partial charge on any atom is -0.395 e. The van der Waals surface area contributed by atoms with Gasteiger partial charge in [-0.15, -0.1) is 11.8 Å². The predicted octanol–water partition coefficient (Wildman–Crippen LogP) is 3.19. The highest BCUT2D eigenvalue weighted by Crippen LogP contribution is 2.26. The van der Waals surface area contributed by atoms with E-state index in [0.29, 0.717) is 6.04 Å². The summed E-state index contributed by atoms with van der Waals surface area (Å²) in [4.78, 5) is 1.28. The van der Waals surface area contributed by atoms with Crippen molar-refractivity contribution in [3.8, 4) is 0 Å². The van der Waals surface area contributed by atoms with Gasteiger partial charge in [-0.3, -0.25) is 0 Å². The lowest BCUT2D eigenvalue weighted by atomic mass is 9.87. The lowest BCUT2D eigenvalue weighted by Gasteiger charge is -2.19. The zero-order chi connectivity index (χ0) is 13.9. The maximum absolute atomic E-state index is 9.36. The van der Waals surface area contributed by atoms with Crippen LogP contribution < -0.4 is 5.32 Å². The molecule has 0 amide bonds. The highest BCUT2D eigenvalue weighted by Gasteiger charge is 2.24. The molecule has 0 bridgehead atoms. The van der Waals surface area contributed by atoms with Crippen LogP contribution in [0, 0.1) is 0 Å². The largest absolute Gasteiger partial charge is 0.395 e. The van der Waals surface area contributed by atoms with Crippen LogP contribution in [0.3, 0.4) is 0 Å². The molecular formula is C16H25NOS. The molecule has 1 saturated carbocycles. The van der Waals surface area contributed by atoms with Crippen molar-refractivity contribution >= 4 is 11.8 Å². The van der Waals surface area contributed by atoms with Crippen molar-refractivity contribution in [3.63, 3.8) is 0 Å². The smallest absolute Gasteiger partial charge is 0.0592 e. The summed E-state index contributed by atoms with van der Waals surface area (Å²) in [6.07, 6.45) is 2.53. The standard InChI is InChI=1S/C16H25NOS/c1-16(2,3)12-4-8-15(9-5-12)19-11-14(10-18)17-13-6-7-13/h4-5,8-9,13-14,17-18H,6-7,10-11H2,1-3H3. The fourth-order valence-electron chi connectivity index (χ4n) is 1.98. The Morgan fingerprint density at radius 1 is 1.26 bits per heavy atom. The molecule has 2 rings (SSSR count). The molecule has 2 nitrogen and oxygen atoms in total. The Kier molecular flexibility index (Phi) is 4.93. The van der Waals surface area contributed by atoms with Gasteiger partial charge in [-0.1, -0.05) is 32.9 Å². The maximum atomic E-state index is 9.36. The van der Waals surface area contributed by atoms with Crippen molar-refractivity contribution in [2.24, 2.45) is 0 Å². The first kappa shape index (κ1) is 14.9. The highest BCUT2D eigenvalue weighted by atomic mass is 32.2. The van der Waals surface area contributed by atoms with Crippen LogP contribution in [0.25, 0.3) is 0 Å². The number of rotatable bonds is 6. The molecular weight excluding hydrogens is 254 g/mol. The van der Waals surface area contributed by atoms with Crippen molar-refractivity contribution in [1.82, 2.24) is 5.32 Å².